The van der Waals surface area contributed by atoms with Gasteiger partial charge in [-0.2, -0.15) is 0 Å². The molecule has 12 heavy (non-hydrogen) atoms. The highest BCUT2D eigenvalue weighted by Gasteiger charge is 2.01. The maximum absolute atomic E-state index is 12.7. The predicted octanol–water partition coefficient (Wildman–Crippen LogP) is 1.54. The summed E-state index contributed by atoms with van der Waals surface area (Å²) in [6.45, 7) is 0. The van der Waals surface area contributed by atoms with Gasteiger partial charge in [-0.05, 0) is 12.1 Å². The minimum Gasteiger partial charge on any atom is -0.494 e. The molecule has 0 aliphatic rings. The van der Waals surface area contributed by atoms with Crippen LogP contribution in [0.4, 0.5) is 10.1 Å². The van der Waals surface area contributed by atoms with Crippen molar-refractivity contribution in [2.75, 3.05) is 12.5 Å². The highest BCUT2D eigenvalue weighted by molar-refractivity contribution is 5.85. The van der Waals surface area contributed by atoms with Crippen LogP contribution in [-0.4, -0.2) is 7.11 Å². The third-order valence-electron chi connectivity index (χ3n) is 1.32. The van der Waals surface area contributed by atoms with Gasteiger partial charge in [-0.3, -0.25) is 5.84 Å². The lowest BCUT2D eigenvalue weighted by Gasteiger charge is -2.03. The third kappa shape index (κ3) is 2.25. The Labute approximate surface area is 76.1 Å². The zero-order valence-electron chi connectivity index (χ0n) is 6.50. The van der Waals surface area contributed by atoms with Gasteiger partial charge in [-0.15, -0.1) is 12.4 Å². The van der Waals surface area contributed by atoms with E-state index in [1.54, 1.807) is 0 Å². The fraction of sp³-hybridized carbons (Fsp3) is 0.143. The van der Waals surface area contributed by atoms with Crippen molar-refractivity contribution in [2.24, 2.45) is 5.84 Å². The van der Waals surface area contributed by atoms with E-state index in [0.717, 1.165) is 0 Å². The molecule has 1 aromatic rings. The van der Waals surface area contributed by atoms with Crippen LogP contribution in [0.1, 0.15) is 0 Å². The Kier molecular flexibility index (Phi) is 4.39. The van der Waals surface area contributed by atoms with Gasteiger partial charge in [-0.1, -0.05) is 0 Å². The van der Waals surface area contributed by atoms with Crippen LogP contribution in [0.3, 0.4) is 0 Å². The topological polar surface area (TPSA) is 47.3 Å². The molecule has 5 heteroatoms. The molecule has 0 aromatic heterocycles. The molecule has 0 aliphatic carbocycles. The molecule has 0 saturated carbocycles. The predicted molar refractivity (Wildman–Crippen MR) is 48.0 cm³/mol. The molecule has 0 atom stereocenters. The van der Waals surface area contributed by atoms with Gasteiger partial charge in [0.2, 0.25) is 0 Å². The first-order valence-electron chi connectivity index (χ1n) is 3.08. The van der Waals surface area contributed by atoms with Crippen molar-refractivity contribution in [3.05, 3.63) is 24.0 Å². The number of nitrogens with one attached hydrogen (secondary N) is 1. The van der Waals surface area contributed by atoms with E-state index in [-0.39, 0.29) is 18.2 Å². The summed E-state index contributed by atoms with van der Waals surface area (Å²) in [6, 6.07) is 4.29. The molecule has 0 saturated heterocycles. The Morgan fingerprint density at radius 2 is 2.17 bits per heavy atom. The Bertz CT molecular complexity index is 257. The Hall–Kier alpha value is -1.00. The molecule has 0 aliphatic heterocycles. The minimum absolute atomic E-state index is 0. The van der Waals surface area contributed by atoms with Gasteiger partial charge in [-0.25, -0.2) is 4.39 Å². The average molecular weight is 193 g/mol. The van der Waals surface area contributed by atoms with E-state index in [2.05, 4.69) is 5.43 Å². The maximum atomic E-state index is 12.7. The fourth-order valence-electron chi connectivity index (χ4n) is 0.750. The molecule has 0 fully saturated rings. The Balaban J connectivity index is 0.00000121. The van der Waals surface area contributed by atoms with Gasteiger partial charge >= 0.3 is 0 Å². The zero-order chi connectivity index (χ0) is 8.27. The van der Waals surface area contributed by atoms with Crippen LogP contribution in [-0.2, 0) is 0 Å². The maximum Gasteiger partial charge on any atom is 0.165 e. The third-order valence-corrected chi connectivity index (χ3v) is 1.32. The lowest BCUT2D eigenvalue weighted by Crippen LogP contribution is -2.06. The van der Waals surface area contributed by atoms with Crippen molar-refractivity contribution < 1.29 is 9.13 Å². The summed E-state index contributed by atoms with van der Waals surface area (Å²) in [5.74, 6) is 4.88. The number of rotatable bonds is 2. The molecule has 0 amide bonds. The second kappa shape index (κ2) is 4.79. The number of ether oxygens (including phenoxy) is 1. The van der Waals surface area contributed by atoms with Crippen molar-refractivity contribution in [3.8, 4) is 5.75 Å². The van der Waals surface area contributed by atoms with E-state index < -0.39 is 5.82 Å². The van der Waals surface area contributed by atoms with Gasteiger partial charge in [0.1, 0.15) is 0 Å². The average Bonchev–Trinajstić information content (AvgIpc) is 2.05. The largest absolute Gasteiger partial charge is 0.494 e. The van der Waals surface area contributed by atoms with E-state index >= 15 is 0 Å². The number of nitrogens with two attached hydrogens (primary N) is 1. The van der Waals surface area contributed by atoms with Crippen LogP contribution >= 0.6 is 12.4 Å². The molecule has 0 heterocycles. The second-order valence-corrected chi connectivity index (χ2v) is 1.99. The summed E-state index contributed by atoms with van der Waals surface area (Å²) in [5, 5.41) is 0. The number of methoxy groups -OCH3 is 1. The standard InChI is InChI=1S/C7H9FN2O.ClH/c1-11-7-4-5(10-9)2-3-6(7)8;/h2-4,10H,9H2,1H3;1H. The Morgan fingerprint density at radius 3 is 2.67 bits per heavy atom. The minimum atomic E-state index is -0.397. The van der Waals surface area contributed by atoms with Gasteiger partial charge in [0, 0.05) is 6.07 Å². The Morgan fingerprint density at radius 1 is 1.50 bits per heavy atom. The van der Waals surface area contributed by atoms with Gasteiger partial charge in [0.25, 0.3) is 0 Å². The molecule has 1 aromatic carbocycles. The van der Waals surface area contributed by atoms with Crippen molar-refractivity contribution in [3.63, 3.8) is 0 Å². The molecule has 3 nitrogen and oxygen atoms in total. The highest BCUT2D eigenvalue weighted by Crippen LogP contribution is 2.20. The number of nitrogen functional groups attached to an aromatic ring is 1. The van der Waals surface area contributed by atoms with Crippen molar-refractivity contribution in [2.45, 2.75) is 0 Å². The molecule has 0 spiro atoms. The molecular formula is C7H10ClFN2O. The summed E-state index contributed by atoms with van der Waals surface area (Å²) < 4.78 is 17.4. The van der Waals surface area contributed by atoms with E-state index in [9.17, 15) is 4.39 Å². The van der Waals surface area contributed by atoms with Gasteiger partial charge in [0.05, 0.1) is 12.8 Å². The molecule has 0 unspecified atom stereocenters. The number of halogens is 2. The second-order valence-electron chi connectivity index (χ2n) is 1.99. The van der Waals surface area contributed by atoms with Crippen molar-refractivity contribution >= 4 is 18.1 Å². The quantitative estimate of drug-likeness (QED) is 0.552. The highest BCUT2D eigenvalue weighted by atomic mass is 35.5. The summed E-state index contributed by atoms with van der Waals surface area (Å²) in [5.41, 5.74) is 3.00. The summed E-state index contributed by atoms with van der Waals surface area (Å²) in [4.78, 5) is 0. The van der Waals surface area contributed by atoms with E-state index in [4.69, 9.17) is 10.6 Å². The van der Waals surface area contributed by atoms with E-state index in [1.165, 1.54) is 25.3 Å². The SMILES string of the molecule is COc1cc(NN)ccc1F.Cl. The zero-order valence-corrected chi connectivity index (χ0v) is 7.32. The fourth-order valence-corrected chi connectivity index (χ4v) is 0.750. The van der Waals surface area contributed by atoms with Crippen LogP contribution in [0, 0.1) is 5.82 Å². The lowest BCUT2D eigenvalue weighted by molar-refractivity contribution is 0.387. The normalized spacial score (nSPS) is 8.58. The van der Waals surface area contributed by atoms with Crippen LogP contribution in [0.25, 0.3) is 0 Å². The molecule has 0 bridgehead atoms. The molecule has 68 valence electrons. The van der Waals surface area contributed by atoms with Gasteiger partial charge in [0.15, 0.2) is 11.6 Å². The number of anilines is 1. The van der Waals surface area contributed by atoms with Crippen molar-refractivity contribution in [1.82, 2.24) is 0 Å². The summed E-state index contributed by atoms with van der Waals surface area (Å²) in [6.07, 6.45) is 0. The lowest BCUT2D eigenvalue weighted by atomic mass is 10.3. The number of hydrazine groups is 1. The molecular weight excluding hydrogens is 183 g/mol. The van der Waals surface area contributed by atoms with E-state index in [0.29, 0.717) is 5.69 Å². The van der Waals surface area contributed by atoms with Crippen LogP contribution in [0.15, 0.2) is 18.2 Å². The smallest absolute Gasteiger partial charge is 0.165 e. The number of hydrogen-bond donors (Lipinski definition) is 2. The van der Waals surface area contributed by atoms with Crippen LogP contribution < -0.4 is 16.0 Å². The first-order valence-corrected chi connectivity index (χ1v) is 3.08. The molecule has 0 radical (unpaired) electrons. The van der Waals surface area contributed by atoms with Gasteiger partial charge < -0.3 is 10.2 Å². The number of benzene rings is 1. The molecule has 3 N–H and O–H groups in total. The van der Waals surface area contributed by atoms with Crippen LogP contribution in [0.2, 0.25) is 0 Å². The van der Waals surface area contributed by atoms with Crippen LogP contribution in [0.5, 0.6) is 5.75 Å². The van der Waals surface area contributed by atoms with Crippen molar-refractivity contribution in [1.29, 1.82) is 0 Å². The first-order chi connectivity index (χ1) is 5.27. The number of hydrogen-bond acceptors (Lipinski definition) is 3. The molecule has 1 rings (SSSR count). The monoisotopic (exact) mass is 192 g/mol. The summed E-state index contributed by atoms with van der Waals surface area (Å²) in [7, 11) is 1.40. The van der Waals surface area contributed by atoms with E-state index in [1.807, 2.05) is 0 Å². The summed E-state index contributed by atoms with van der Waals surface area (Å²) >= 11 is 0. The first kappa shape index (κ1) is 11.0.